The molecule has 6 nitrogen and oxygen atoms in total. The zero-order chi connectivity index (χ0) is 20.6. The summed E-state index contributed by atoms with van der Waals surface area (Å²) in [6.45, 7) is 6.08. The molecule has 1 heterocycles. The summed E-state index contributed by atoms with van der Waals surface area (Å²) in [6, 6.07) is 14.6. The molecule has 0 aliphatic carbocycles. The first kappa shape index (κ1) is 20.9. The number of amides is 2. The van der Waals surface area contributed by atoms with Crippen molar-refractivity contribution in [1.29, 1.82) is 0 Å². The van der Waals surface area contributed by atoms with Crippen LogP contribution in [0.4, 0.5) is 11.4 Å². The lowest BCUT2D eigenvalue weighted by atomic mass is 10.0. The fraction of sp³-hybridized carbons (Fsp3) is 0.391. The average molecular weight is 396 g/mol. The van der Waals surface area contributed by atoms with Crippen LogP contribution in [0.2, 0.25) is 0 Å². The fourth-order valence-electron chi connectivity index (χ4n) is 3.49. The number of benzene rings is 2. The van der Waals surface area contributed by atoms with E-state index in [2.05, 4.69) is 22.5 Å². The molecule has 29 heavy (non-hydrogen) atoms. The smallest absolute Gasteiger partial charge is 0.255 e. The van der Waals surface area contributed by atoms with Crippen LogP contribution in [0.5, 0.6) is 5.75 Å². The number of nitrogens with zero attached hydrogens (tertiary/aromatic N) is 1. The number of carbonyl (C=O) groups is 2. The number of anilines is 2. The van der Waals surface area contributed by atoms with Crippen molar-refractivity contribution in [2.45, 2.75) is 39.2 Å². The SMILES string of the molecule is CCOc1ccc(NC(=O)c2ccc(NC(=O)CN3CCCC[C@H]3C)cc2)cc1. The summed E-state index contributed by atoms with van der Waals surface area (Å²) in [5, 5.41) is 5.78. The van der Waals surface area contributed by atoms with Crippen LogP contribution in [-0.4, -0.2) is 42.5 Å². The molecule has 154 valence electrons. The molecule has 2 N–H and O–H groups in total. The molecule has 2 aromatic carbocycles. The van der Waals surface area contributed by atoms with Gasteiger partial charge in [-0.3, -0.25) is 14.5 Å². The Morgan fingerprint density at radius 1 is 1.00 bits per heavy atom. The first-order valence-electron chi connectivity index (χ1n) is 10.2. The maximum absolute atomic E-state index is 12.4. The van der Waals surface area contributed by atoms with Gasteiger partial charge in [0.05, 0.1) is 13.2 Å². The van der Waals surface area contributed by atoms with Crippen molar-refractivity contribution < 1.29 is 14.3 Å². The van der Waals surface area contributed by atoms with Crippen molar-refractivity contribution in [3.05, 3.63) is 54.1 Å². The highest BCUT2D eigenvalue weighted by atomic mass is 16.5. The molecule has 6 heteroatoms. The molecule has 0 aromatic heterocycles. The minimum absolute atomic E-state index is 0.0228. The summed E-state index contributed by atoms with van der Waals surface area (Å²) in [5.41, 5.74) is 1.92. The zero-order valence-corrected chi connectivity index (χ0v) is 17.1. The van der Waals surface area contributed by atoms with Gasteiger partial charge in [-0.2, -0.15) is 0 Å². The average Bonchev–Trinajstić information content (AvgIpc) is 2.72. The molecule has 1 atom stereocenters. The molecule has 1 aliphatic rings. The lowest BCUT2D eigenvalue weighted by Crippen LogP contribution is -2.42. The van der Waals surface area contributed by atoms with Gasteiger partial charge < -0.3 is 15.4 Å². The van der Waals surface area contributed by atoms with Crippen LogP contribution < -0.4 is 15.4 Å². The second kappa shape index (κ2) is 10.1. The Morgan fingerprint density at radius 3 is 2.31 bits per heavy atom. The second-order valence-electron chi connectivity index (χ2n) is 7.35. The van der Waals surface area contributed by atoms with E-state index in [1.807, 2.05) is 19.1 Å². The molecular weight excluding hydrogens is 366 g/mol. The molecule has 0 bridgehead atoms. The lowest BCUT2D eigenvalue weighted by Gasteiger charge is -2.32. The maximum atomic E-state index is 12.4. The molecular formula is C23H29N3O3. The topological polar surface area (TPSA) is 70.7 Å². The van der Waals surface area contributed by atoms with E-state index in [0.29, 0.717) is 36.1 Å². The van der Waals surface area contributed by atoms with Crippen molar-refractivity contribution in [3.63, 3.8) is 0 Å². The van der Waals surface area contributed by atoms with Crippen LogP contribution in [0, 0.1) is 0 Å². The van der Waals surface area contributed by atoms with Crippen LogP contribution >= 0.6 is 0 Å². The van der Waals surface area contributed by atoms with Crippen LogP contribution in [-0.2, 0) is 4.79 Å². The highest BCUT2D eigenvalue weighted by Gasteiger charge is 2.20. The number of nitrogens with one attached hydrogen (secondary N) is 2. The van der Waals surface area contributed by atoms with Gasteiger partial charge in [-0.1, -0.05) is 6.42 Å². The molecule has 0 spiro atoms. The number of rotatable bonds is 7. The molecule has 1 fully saturated rings. The zero-order valence-electron chi connectivity index (χ0n) is 17.1. The minimum Gasteiger partial charge on any atom is -0.494 e. The number of hydrogen-bond donors (Lipinski definition) is 2. The highest BCUT2D eigenvalue weighted by Crippen LogP contribution is 2.18. The van der Waals surface area contributed by atoms with Gasteiger partial charge in [0.15, 0.2) is 0 Å². The summed E-state index contributed by atoms with van der Waals surface area (Å²) >= 11 is 0. The second-order valence-corrected chi connectivity index (χ2v) is 7.35. The number of ether oxygens (including phenoxy) is 1. The Balaban J connectivity index is 1.52. The Labute approximate surface area is 172 Å². The van der Waals surface area contributed by atoms with Crippen LogP contribution in [0.25, 0.3) is 0 Å². The summed E-state index contributed by atoms with van der Waals surface area (Å²) in [7, 11) is 0. The van der Waals surface area contributed by atoms with E-state index >= 15 is 0 Å². The predicted molar refractivity (Wildman–Crippen MR) is 116 cm³/mol. The molecule has 0 radical (unpaired) electrons. The van der Waals surface area contributed by atoms with Gasteiger partial charge in [-0.15, -0.1) is 0 Å². The van der Waals surface area contributed by atoms with Crippen molar-refractivity contribution in [3.8, 4) is 5.75 Å². The van der Waals surface area contributed by atoms with Crippen molar-refractivity contribution in [2.24, 2.45) is 0 Å². The number of hydrogen-bond acceptors (Lipinski definition) is 4. The molecule has 1 saturated heterocycles. The standard InChI is InChI=1S/C23H29N3O3/c1-3-29-21-13-11-20(12-14-21)25-23(28)18-7-9-19(10-8-18)24-22(27)16-26-15-5-4-6-17(26)2/h7-14,17H,3-6,15-16H2,1-2H3,(H,24,27)(H,25,28)/t17-/m1/s1. The van der Waals surface area contributed by atoms with Crippen molar-refractivity contribution >= 4 is 23.2 Å². The molecule has 3 rings (SSSR count). The van der Waals surface area contributed by atoms with E-state index in [-0.39, 0.29) is 11.8 Å². The molecule has 1 aliphatic heterocycles. The molecule has 2 aromatic rings. The number of piperidine rings is 1. The van der Waals surface area contributed by atoms with Gasteiger partial charge in [-0.25, -0.2) is 0 Å². The normalized spacial score (nSPS) is 16.8. The summed E-state index contributed by atoms with van der Waals surface area (Å²) in [6.07, 6.45) is 3.53. The quantitative estimate of drug-likeness (QED) is 0.739. The van der Waals surface area contributed by atoms with Crippen LogP contribution in [0.3, 0.4) is 0 Å². The number of likely N-dealkylation sites (tertiary alicyclic amines) is 1. The third-order valence-electron chi connectivity index (χ3n) is 5.14. The van der Waals surface area contributed by atoms with E-state index in [4.69, 9.17) is 4.74 Å². The monoisotopic (exact) mass is 395 g/mol. The summed E-state index contributed by atoms with van der Waals surface area (Å²) in [4.78, 5) is 27.0. The molecule has 2 amide bonds. The Morgan fingerprint density at radius 2 is 1.66 bits per heavy atom. The first-order valence-corrected chi connectivity index (χ1v) is 10.2. The van der Waals surface area contributed by atoms with Gasteiger partial charge in [0.25, 0.3) is 5.91 Å². The Hall–Kier alpha value is -2.86. The van der Waals surface area contributed by atoms with E-state index in [1.165, 1.54) is 6.42 Å². The van der Waals surface area contributed by atoms with Gasteiger partial charge in [0, 0.05) is 23.0 Å². The third kappa shape index (κ3) is 6.06. The lowest BCUT2D eigenvalue weighted by molar-refractivity contribution is -0.118. The number of carbonyl (C=O) groups excluding carboxylic acids is 2. The maximum Gasteiger partial charge on any atom is 0.255 e. The van der Waals surface area contributed by atoms with Gasteiger partial charge in [0.2, 0.25) is 5.91 Å². The van der Waals surface area contributed by atoms with E-state index in [0.717, 1.165) is 25.1 Å². The van der Waals surface area contributed by atoms with Crippen molar-refractivity contribution in [2.75, 3.05) is 30.3 Å². The largest absolute Gasteiger partial charge is 0.494 e. The van der Waals surface area contributed by atoms with E-state index in [9.17, 15) is 9.59 Å². The first-order chi connectivity index (χ1) is 14.0. The van der Waals surface area contributed by atoms with E-state index < -0.39 is 0 Å². The Kier molecular flexibility index (Phi) is 7.25. The fourth-order valence-corrected chi connectivity index (χ4v) is 3.49. The molecule has 0 saturated carbocycles. The third-order valence-corrected chi connectivity index (χ3v) is 5.14. The van der Waals surface area contributed by atoms with Crippen molar-refractivity contribution in [1.82, 2.24) is 4.90 Å². The summed E-state index contributed by atoms with van der Waals surface area (Å²) < 4.78 is 5.40. The van der Waals surface area contributed by atoms with Gasteiger partial charge in [-0.05, 0) is 81.8 Å². The highest BCUT2D eigenvalue weighted by molar-refractivity contribution is 6.04. The van der Waals surface area contributed by atoms with Crippen LogP contribution in [0.15, 0.2) is 48.5 Å². The predicted octanol–water partition coefficient (Wildman–Crippen LogP) is 4.15. The molecule has 0 unspecified atom stereocenters. The summed E-state index contributed by atoms with van der Waals surface area (Å²) in [5.74, 6) is 0.545. The van der Waals surface area contributed by atoms with Crippen LogP contribution in [0.1, 0.15) is 43.5 Å². The van der Waals surface area contributed by atoms with Gasteiger partial charge >= 0.3 is 0 Å². The Bertz CT molecular complexity index is 818. The van der Waals surface area contributed by atoms with E-state index in [1.54, 1.807) is 36.4 Å². The minimum atomic E-state index is -0.200. The van der Waals surface area contributed by atoms with Gasteiger partial charge in [0.1, 0.15) is 5.75 Å².